The van der Waals surface area contributed by atoms with Gasteiger partial charge in [-0.05, 0) is 32.0 Å². The number of hydrogen-bond donors (Lipinski definition) is 0. The van der Waals surface area contributed by atoms with E-state index in [4.69, 9.17) is 9.68 Å². The van der Waals surface area contributed by atoms with Crippen LogP contribution in [0.15, 0.2) is 46.4 Å². The molecule has 0 unspecified atom stereocenters. The first kappa shape index (κ1) is 12.8. The minimum Gasteiger partial charge on any atom is -0.462 e. The van der Waals surface area contributed by atoms with Crippen molar-refractivity contribution in [3.63, 3.8) is 0 Å². The fourth-order valence-corrected chi connectivity index (χ4v) is 1.76. The first-order valence-corrected chi connectivity index (χ1v) is 5.90. The summed E-state index contributed by atoms with van der Waals surface area (Å²) >= 11 is 0. The SMILES string of the molecule is Cc1cccc(C(=O)/C(C#N)=C/c2ccc(C)o2)c1. The van der Waals surface area contributed by atoms with Gasteiger partial charge < -0.3 is 4.42 Å². The number of aryl methyl sites for hydroxylation is 2. The lowest BCUT2D eigenvalue weighted by atomic mass is 10.0. The Morgan fingerprint density at radius 2 is 2.05 bits per heavy atom. The van der Waals surface area contributed by atoms with Crippen LogP contribution in [0.2, 0.25) is 0 Å². The molecule has 0 aliphatic carbocycles. The van der Waals surface area contributed by atoms with E-state index < -0.39 is 0 Å². The van der Waals surface area contributed by atoms with Crippen molar-refractivity contribution in [2.45, 2.75) is 13.8 Å². The average Bonchev–Trinajstić information content (AvgIpc) is 2.81. The third kappa shape index (κ3) is 2.99. The summed E-state index contributed by atoms with van der Waals surface area (Å²) in [6, 6.07) is 12.6. The molecule has 0 fully saturated rings. The van der Waals surface area contributed by atoms with E-state index in [2.05, 4.69) is 0 Å². The molecule has 94 valence electrons. The lowest BCUT2D eigenvalue weighted by molar-refractivity contribution is 0.104. The van der Waals surface area contributed by atoms with Crippen LogP contribution in [-0.2, 0) is 0 Å². The molecule has 0 atom stereocenters. The summed E-state index contributed by atoms with van der Waals surface area (Å²) in [6.45, 7) is 3.72. The number of rotatable bonds is 3. The summed E-state index contributed by atoms with van der Waals surface area (Å²) in [6.07, 6.45) is 1.47. The highest BCUT2D eigenvalue weighted by Gasteiger charge is 2.12. The smallest absolute Gasteiger partial charge is 0.203 e. The molecule has 0 saturated heterocycles. The number of carbonyl (C=O) groups excluding carboxylic acids is 1. The quantitative estimate of drug-likeness (QED) is 0.475. The Balaban J connectivity index is 2.35. The summed E-state index contributed by atoms with van der Waals surface area (Å²) < 4.78 is 5.35. The number of carbonyl (C=O) groups is 1. The molecule has 1 heterocycles. The maximum absolute atomic E-state index is 12.2. The van der Waals surface area contributed by atoms with Gasteiger partial charge in [-0.25, -0.2) is 0 Å². The Morgan fingerprint density at radius 3 is 2.63 bits per heavy atom. The molecular formula is C16H13NO2. The number of hydrogen-bond acceptors (Lipinski definition) is 3. The highest BCUT2D eigenvalue weighted by atomic mass is 16.3. The van der Waals surface area contributed by atoms with Gasteiger partial charge in [-0.15, -0.1) is 0 Å². The molecule has 3 nitrogen and oxygen atoms in total. The molecule has 0 aliphatic rings. The zero-order valence-electron chi connectivity index (χ0n) is 10.8. The number of Topliss-reactive ketones (excluding diaryl/α,β-unsaturated/α-hetero) is 1. The Bertz CT molecular complexity index is 687. The lowest BCUT2D eigenvalue weighted by Gasteiger charge is -2.00. The molecule has 2 rings (SSSR count). The zero-order valence-corrected chi connectivity index (χ0v) is 10.8. The maximum atomic E-state index is 12.2. The van der Waals surface area contributed by atoms with Crippen molar-refractivity contribution >= 4 is 11.9 Å². The summed E-state index contributed by atoms with van der Waals surface area (Å²) in [4.78, 5) is 12.2. The maximum Gasteiger partial charge on any atom is 0.203 e. The van der Waals surface area contributed by atoms with Gasteiger partial charge >= 0.3 is 0 Å². The zero-order chi connectivity index (χ0) is 13.8. The molecule has 2 aromatic rings. The first-order valence-electron chi connectivity index (χ1n) is 5.90. The topological polar surface area (TPSA) is 54.0 Å². The van der Waals surface area contributed by atoms with Crippen LogP contribution in [-0.4, -0.2) is 5.78 Å². The molecule has 0 radical (unpaired) electrons. The Kier molecular flexibility index (Phi) is 3.63. The molecule has 0 amide bonds. The molecule has 1 aromatic heterocycles. The van der Waals surface area contributed by atoms with Crippen molar-refractivity contribution in [3.05, 3.63) is 64.6 Å². The minimum atomic E-state index is -0.291. The van der Waals surface area contributed by atoms with Gasteiger partial charge in [-0.1, -0.05) is 23.8 Å². The number of allylic oxidation sites excluding steroid dienone is 1. The van der Waals surface area contributed by atoms with Crippen molar-refractivity contribution in [3.8, 4) is 6.07 Å². The number of furan rings is 1. The van der Waals surface area contributed by atoms with Crippen LogP contribution in [0.25, 0.3) is 6.08 Å². The van der Waals surface area contributed by atoms with Crippen molar-refractivity contribution in [2.24, 2.45) is 0 Å². The summed E-state index contributed by atoms with van der Waals surface area (Å²) in [5, 5.41) is 9.11. The Hall–Kier alpha value is -2.60. The molecule has 1 aromatic carbocycles. The number of ketones is 1. The van der Waals surface area contributed by atoms with Crippen LogP contribution in [0.5, 0.6) is 0 Å². The second-order valence-corrected chi connectivity index (χ2v) is 4.32. The normalized spacial score (nSPS) is 11.1. The number of nitriles is 1. The van der Waals surface area contributed by atoms with Crippen LogP contribution in [0, 0.1) is 25.2 Å². The summed E-state index contributed by atoms with van der Waals surface area (Å²) in [5.41, 5.74) is 1.56. The largest absolute Gasteiger partial charge is 0.462 e. The second kappa shape index (κ2) is 5.36. The van der Waals surface area contributed by atoms with Gasteiger partial charge in [0, 0.05) is 11.6 Å². The van der Waals surface area contributed by atoms with Crippen molar-refractivity contribution in [1.29, 1.82) is 5.26 Å². The van der Waals surface area contributed by atoms with Gasteiger partial charge in [0.05, 0.1) is 0 Å². The Morgan fingerprint density at radius 1 is 1.26 bits per heavy atom. The average molecular weight is 251 g/mol. The number of benzene rings is 1. The monoisotopic (exact) mass is 251 g/mol. The van der Waals surface area contributed by atoms with Crippen LogP contribution < -0.4 is 0 Å². The predicted molar refractivity (Wildman–Crippen MR) is 72.5 cm³/mol. The minimum absolute atomic E-state index is 0.0694. The van der Waals surface area contributed by atoms with E-state index in [-0.39, 0.29) is 11.4 Å². The van der Waals surface area contributed by atoms with E-state index in [1.54, 1.807) is 30.3 Å². The molecule has 0 saturated carbocycles. The van der Waals surface area contributed by atoms with Crippen molar-refractivity contribution in [2.75, 3.05) is 0 Å². The standard InChI is InChI=1S/C16H13NO2/c1-11-4-3-5-13(8-11)16(18)14(10-17)9-15-7-6-12(2)19-15/h3-9H,1-2H3/b14-9+. The third-order valence-electron chi connectivity index (χ3n) is 2.69. The van der Waals surface area contributed by atoms with E-state index >= 15 is 0 Å². The summed E-state index contributed by atoms with van der Waals surface area (Å²) in [7, 11) is 0. The molecule has 0 aliphatic heterocycles. The molecule has 0 bridgehead atoms. The van der Waals surface area contributed by atoms with Crippen molar-refractivity contribution < 1.29 is 9.21 Å². The first-order chi connectivity index (χ1) is 9.10. The molecule has 0 N–H and O–H groups in total. The highest BCUT2D eigenvalue weighted by molar-refractivity contribution is 6.13. The third-order valence-corrected chi connectivity index (χ3v) is 2.69. The van der Waals surface area contributed by atoms with Crippen LogP contribution in [0.3, 0.4) is 0 Å². The van der Waals surface area contributed by atoms with Crippen LogP contribution in [0.4, 0.5) is 0 Å². The fourth-order valence-electron chi connectivity index (χ4n) is 1.76. The molecule has 3 heteroatoms. The predicted octanol–water partition coefficient (Wildman–Crippen LogP) is 3.69. The van der Waals surface area contributed by atoms with E-state index in [1.807, 2.05) is 26.0 Å². The van der Waals surface area contributed by atoms with E-state index in [1.165, 1.54) is 6.08 Å². The summed E-state index contributed by atoms with van der Waals surface area (Å²) in [5.74, 6) is 0.960. The molecular weight excluding hydrogens is 238 g/mol. The fraction of sp³-hybridized carbons (Fsp3) is 0.125. The molecule has 0 spiro atoms. The van der Waals surface area contributed by atoms with Gasteiger partial charge in [-0.2, -0.15) is 5.26 Å². The van der Waals surface area contributed by atoms with E-state index in [0.717, 1.165) is 11.3 Å². The lowest BCUT2D eigenvalue weighted by Crippen LogP contribution is -2.01. The van der Waals surface area contributed by atoms with Gasteiger partial charge in [0.15, 0.2) is 0 Å². The molecule has 19 heavy (non-hydrogen) atoms. The van der Waals surface area contributed by atoms with Gasteiger partial charge in [-0.3, -0.25) is 4.79 Å². The van der Waals surface area contributed by atoms with Crippen molar-refractivity contribution in [1.82, 2.24) is 0 Å². The van der Waals surface area contributed by atoms with E-state index in [0.29, 0.717) is 11.3 Å². The Labute approximate surface area is 111 Å². The van der Waals surface area contributed by atoms with Crippen LogP contribution >= 0.6 is 0 Å². The van der Waals surface area contributed by atoms with Gasteiger partial charge in [0.1, 0.15) is 23.2 Å². The van der Waals surface area contributed by atoms with E-state index in [9.17, 15) is 4.79 Å². The highest BCUT2D eigenvalue weighted by Crippen LogP contribution is 2.15. The van der Waals surface area contributed by atoms with Gasteiger partial charge in [0.25, 0.3) is 0 Å². The van der Waals surface area contributed by atoms with Gasteiger partial charge in [0.2, 0.25) is 5.78 Å². The number of nitrogens with zero attached hydrogens (tertiary/aromatic N) is 1. The van der Waals surface area contributed by atoms with Crippen LogP contribution in [0.1, 0.15) is 27.4 Å². The second-order valence-electron chi connectivity index (χ2n) is 4.32.